The van der Waals surface area contributed by atoms with Gasteiger partial charge in [-0.1, -0.05) is 37.6 Å². The van der Waals surface area contributed by atoms with Gasteiger partial charge in [0, 0.05) is 19.2 Å². The summed E-state index contributed by atoms with van der Waals surface area (Å²) in [6.45, 7) is 8.34. The minimum Gasteiger partial charge on any atom is -0.380 e. The van der Waals surface area contributed by atoms with Crippen LogP contribution in [0, 0.1) is 0 Å². The lowest BCUT2D eigenvalue weighted by Crippen LogP contribution is -2.38. The molecule has 1 aromatic carbocycles. The van der Waals surface area contributed by atoms with Crippen LogP contribution in [0.3, 0.4) is 0 Å². The Balaban J connectivity index is 2.62. The van der Waals surface area contributed by atoms with E-state index in [9.17, 15) is 0 Å². The minimum absolute atomic E-state index is 0.203. The molecule has 0 saturated heterocycles. The number of rotatable bonds is 7. The molecular formula is C15H25NO. The number of nitrogens with one attached hydrogen (secondary N) is 1. The Morgan fingerprint density at radius 1 is 1.18 bits per heavy atom. The third kappa shape index (κ3) is 4.88. The molecule has 0 spiro atoms. The maximum Gasteiger partial charge on any atom is 0.0716 e. The first kappa shape index (κ1) is 14.2. The minimum atomic E-state index is 0.203. The molecule has 0 amide bonds. The van der Waals surface area contributed by atoms with Gasteiger partial charge in [0.25, 0.3) is 0 Å². The zero-order valence-electron chi connectivity index (χ0n) is 11.5. The van der Waals surface area contributed by atoms with E-state index in [1.54, 1.807) is 7.11 Å². The molecule has 0 aliphatic carbocycles. The number of hydrogen-bond donors (Lipinski definition) is 1. The molecule has 0 atom stereocenters. The van der Waals surface area contributed by atoms with Crippen molar-refractivity contribution in [2.24, 2.45) is 0 Å². The van der Waals surface area contributed by atoms with Crippen molar-refractivity contribution in [2.75, 3.05) is 7.11 Å². The molecule has 0 unspecified atom stereocenters. The van der Waals surface area contributed by atoms with E-state index < -0.39 is 0 Å². The third-order valence-electron chi connectivity index (χ3n) is 3.05. The van der Waals surface area contributed by atoms with Crippen LogP contribution in [0.2, 0.25) is 0 Å². The smallest absolute Gasteiger partial charge is 0.0716 e. The Labute approximate surface area is 105 Å². The fourth-order valence-corrected chi connectivity index (χ4v) is 2.07. The molecule has 0 saturated carbocycles. The first-order valence-electron chi connectivity index (χ1n) is 6.40. The van der Waals surface area contributed by atoms with Crippen LogP contribution in [0.4, 0.5) is 0 Å². The van der Waals surface area contributed by atoms with Crippen LogP contribution in [0.25, 0.3) is 0 Å². The summed E-state index contributed by atoms with van der Waals surface area (Å²) in [6.07, 6.45) is 2.40. The van der Waals surface area contributed by atoms with Crippen LogP contribution in [-0.2, 0) is 17.9 Å². The fourth-order valence-electron chi connectivity index (χ4n) is 2.07. The highest BCUT2D eigenvalue weighted by Gasteiger charge is 2.15. The molecule has 1 rings (SSSR count). The van der Waals surface area contributed by atoms with E-state index in [2.05, 4.69) is 50.4 Å². The van der Waals surface area contributed by atoms with Gasteiger partial charge in [-0.2, -0.15) is 0 Å². The highest BCUT2D eigenvalue weighted by Crippen LogP contribution is 2.14. The summed E-state index contributed by atoms with van der Waals surface area (Å²) in [6, 6.07) is 8.45. The van der Waals surface area contributed by atoms with Crippen LogP contribution in [0.15, 0.2) is 24.3 Å². The molecule has 0 aliphatic rings. The van der Waals surface area contributed by atoms with Gasteiger partial charge in [0.05, 0.1) is 6.61 Å². The van der Waals surface area contributed by atoms with Gasteiger partial charge in [-0.15, -0.1) is 0 Å². The number of hydrogen-bond acceptors (Lipinski definition) is 2. The molecule has 1 aromatic rings. The maximum absolute atomic E-state index is 5.22. The Morgan fingerprint density at radius 3 is 2.41 bits per heavy atom. The molecule has 0 heterocycles. The molecular weight excluding hydrogens is 210 g/mol. The van der Waals surface area contributed by atoms with Crippen LogP contribution >= 0.6 is 0 Å². The lowest BCUT2D eigenvalue weighted by Gasteiger charge is -2.26. The molecule has 0 aliphatic heterocycles. The van der Waals surface area contributed by atoms with Crippen molar-refractivity contribution < 1.29 is 4.74 Å². The van der Waals surface area contributed by atoms with E-state index in [1.165, 1.54) is 24.0 Å². The summed E-state index contributed by atoms with van der Waals surface area (Å²) in [4.78, 5) is 0. The molecule has 0 radical (unpaired) electrons. The van der Waals surface area contributed by atoms with Crippen molar-refractivity contribution in [1.29, 1.82) is 0 Å². The van der Waals surface area contributed by atoms with Gasteiger partial charge in [-0.05, 0) is 31.4 Å². The van der Waals surface area contributed by atoms with Crippen LogP contribution in [0.5, 0.6) is 0 Å². The highest BCUT2D eigenvalue weighted by molar-refractivity contribution is 5.26. The van der Waals surface area contributed by atoms with E-state index in [-0.39, 0.29) is 5.54 Å². The summed E-state index contributed by atoms with van der Waals surface area (Å²) in [7, 11) is 1.74. The van der Waals surface area contributed by atoms with Gasteiger partial charge in [-0.3, -0.25) is 0 Å². The average Bonchev–Trinajstić information content (AvgIpc) is 2.28. The molecule has 2 nitrogen and oxygen atoms in total. The zero-order chi connectivity index (χ0) is 12.7. The van der Waals surface area contributed by atoms with E-state index in [0.717, 1.165) is 6.54 Å². The Morgan fingerprint density at radius 2 is 1.82 bits per heavy atom. The normalized spacial score (nSPS) is 11.8. The Hall–Kier alpha value is -0.860. The summed E-state index contributed by atoms with van der Waals surface area (Å²) in [5.41, 5.74) is 2.81. The quantitative estimate of drug-likeness (QED) is 0.781. The lowest BCUT2D eigenvalue weighted by atomic mass is 9.98. The number of ether oxygens (including phenoxy) is 1. The maximum atomic E-state index is 5.22. The molecule has 0 bridgehead atoms. The van der Waals surface area contributed by atoms with Crippen LogP contribution in [0.1, 0.15) is 44.7 Å². The van der Waals surface area contributed by atoms with Crippen LogP contribution in [-0.4, -0.2) is 12.6 Å². The first-order valence-corrected chi connectivity index (χ1v) is 6.40. The zero-order valence-corrected chi connectivity index (χ0v) is 11.5. The van der Waals surface area contributed by atoms with Crippen molar-refractivity contribution in [1.82, 2.24) is 5.32 Å². The largest absolute Gasteiger partial charge is 0.380 e. The SMILES string of the molecule is CCCC(C)(C)NCc1ccccc1COC. The van der Waals surface area contributed by atoms with Gasteiger partial charge >= 0.3 is 0 Å². The van der Waals surface area contributed by atoms with Gasteiger partial charge in [0.2, 0.25) is 0 Å². The predicted molar refractivity (Wildman–Crippen MR) is 73.0 cm³/mol. The fraction of sp³-hybridized carbons (Fsp3) is 0.600. The standard InChI is InChI=1S/C15H25NO/c1-5-10-15(2,3)16-11-13-8-6-7-9-14(13)12-17-4/h6-9,16H,5,10-12H2,1-4H3. The summed E-state index contributed by atoms with van der Waals surface area (Å²) in [5.74, 6) is 0. The first-order chi connectivity index (χ1) is 8.09. The van der Waals surface area contributed by atoms with Gasteiger partial charge in [0.1, 0.15) is 0 Å². The molecule has 1 N–H and O–H groups in total. The van der Waals surface area contributed by atoms with Crippen molar-refractivity contribution in [3.8, 4) is 0 Å². The summed E-state index contributed by atoms with van der Waals surface area (Å²) < 4.78 is 5.22. The van der Waals surface area contributed by atoms with E-state index >= 15 is 0 Å². The van der Waals surface area contributed by atoms with Crippen molar-refractivity contribution in [3.05, 3.63) is 35.4 Å². The van der Waals surface area contributed by atoms with E-state index in [1.807, 2.05) is 0 Å². The Bertz CT molecular complexity index is 333. The van der Waals surface area contributed by atoms with Crippen molar-refractivity contribution >= 4 is 0 Å². The number of methoxy groups -OCH3 is 1. The Kier molecular flexibility index (Phi) is 5.66. The second-order valence-electron chi connectivity index (χ2n) is 5.19. The van der Waals surface area contributed by atoms with Gasteiger partial charge < -0.3 is 10.1 Å². The van der Waals surface area contributed by atoms with Crippen LogP contribution < -0.4 is 5.32 Å². The molecule has 0 fully saturated rings. The summed E-state index contributed by atoms with van der Waals surface area (Å²) >= 11 is 0. The third-order valence-corrected chi connectivity index (χ3v) is 3.05. The molecule has 17 heavy (non-hydrogen) atoms. The highest BCUT2D eigenvalue weighted by atomic mass is 16.5. The second-order valence-corrected chi connectivity index (χ2v) is 5.19. The van der Waals surface area contributed by atoms with Gasteiger partial charge in [0.15, 0.2) is 0 Å². The molecule has 96 valence electrons. The average molecular weight is 235 g/mol. The predicted octanol–water partition coefficient (Wildman–Crippen LogP) is 3.50. The topological polar surface area (TPSA) is 21.3 Å². The van der Waals surface area contributed by atoms with E-state index in [0.29, 0.717) is 6.61 Å². The summed E-state index contributed by atoms with van der Waals surface area (Å²) in [5, 5.41) is 3.62. The molecule has 2 heteroatoms. The van der Waals surface area contributed by atoms with E-state index in [4.69, 9.17) is 4.74 Å². The second kappa shape index (κ2) is 6.77. The molecule has 0 aromatic heterocycles. The van der Waals surface area contributed by atoms with Crippen molar-refractivity contribution in [2.45, 2.75) is 52.3 Å². The number of benzene rings is 1. The lowest BCUT2D eigenvalue weighted by molar-refractivity contribution is 0.183. The van der Waals surface area contributed by atoms with Gasteiger partial charge in [-0.25, -0.2) is 0 Å². The van der Waals surface area contributed by atoms with Crippen molar-refractivity contribution in [3.63, 3.8) is 0 Å². The monoisotopic (exact) mass is 235 g/mol.